The van der Waals surface area contributed by atoms with Gasteiger partial charge in [-0.1, -0.05) is 0 Å². The summed E-state index contributed by atoms with van der Waals surface area (Å²) in [6.45, 7) is 0. The minimum atomic E-state index is -0.548. The maximum Gasteiger partial charge on any atom is 0.151 e. The third kappa shape index (κ3) is 1.95. The Morgan fingerprint density at radius 1 is 1.12 bits per heavy atom. The van der Waals surface area contributed by atoms with E-state index in [4.69, 9.17) is 0 Å². The molecule has 4 heteroatoms. The summed E-state index contributed by atoms with van der Waals surface area (Å²) in [5.74, 6) is -1.08. The molecule has 0 bridgehead atoms. The Bertz CT molecular complexity index is 523. The molecule has 0 saturated heterocycles. The predicted octanol–water partition coefficient (Wildman–Crippen LogP) is 2.84. The van der Waals surface area contributed by atoms with Gasteiger partial charge in [0.2, 0.25) is 0 Å². The van der Waals surface area contributed by atoms with Gasteiger partial charge in [-0.05, 0) is 30.3 Å². The second kappa shape index (κ2) is 4.18. The van der Waals surface area contributed by atoms with Gasteiger partial charge in [-0.15, -0.1) is 0 Å². The van der Waals surface area contributed by atoms with Crippen molar-refractivity contribution in [2.75, 3.05) is 0 Å². The summed E-state index contributed by atoms with van der Waals surface area (Å²) < 4.78 is 26.3. The fraction of sp³-hybridized carbons (Fsp3) is 0. The molecule has 0 aliphatic heterocycles. The van der Waals surface area contributed by atoms with Gasteiger partial charge in [0.15, 0.2) is 6.29 Å². The molecule has 0 N–H and O–H groups in total. The van der Waals surface area contributed by atoms with Gasteiger partial charge in [0.25, 0.3) is 0 Å². The first-order chi connectivity index (χ1) is 7.70. The topological polar surface area (TPSA) is 30.0 Å². The lowest BCUT2D eigenvalue weighted by atomic mass is 10.1. The first-order valence-electron chi connectivity index (χ1n) is 4.57. The maximum absolute atomic E-state index is 13.4. The van der Waals surface area contributed by atoms with E-state index in [2.05, 4.69) is 4.98 Å². The van der Waals surface area contributed by atoms with Gasteiger partial charge in [-0.25, -0.2) is 8.78 Å². The van der Waals surface area contributed by atoms with Crippen LogP contribution in [0.3, 0.4) is 0 Å². The fourth-order valence-electron chi connectivity index (χ4n) is 1.33. The minimum Gasteiger partial charge on any atom is -0.298 e. The van der Waals surface area contributed by atoms with Gasteiger partial charge in [0.1, 0.15) is 11.6 Å². The number of carbonyl (C=O) groups excluding carboxylic acids is 1. The highest BCUT2D eigenvalue weighted by atomic mass is 19.1. The number of halogens is 2. The summed E-state index contributed by atoms with van der Waals surface area (Å²) in [6.07, 6.45) is 1.95. The van der Waals surface area contributed by atoms with Crippen molar-refractivity contribution in [1.82, 2.24) is 4.98 Å². The Balaban J connectivity index is 2.49. The summed E-state index contributed by atoms with van der Waals surface area (Å²) >= 11 is 0. The molecule has 1 aromatic heterocycles. The van der Waals surface area contributed by atoms with Gasteiger partial charge < -0.3 is 0 Å². The van der Waals surface area contributed by atoms with Crippen molar-refractivity contribution in [2.24, 2.45) is 0 Å². The molecule has 0 aliphatic rings. The zero-order chi connectivity index (χ0) is 11.5. The summed E-state index contributed by atoms with van der Waals surface area (Å²) in [5, 5.41) is 0. The first kappa shape index (κ1) is 10.4. The predicted molar refractivity (Wildman–Crippen MR) is 55.0 cm³/mol. The molecule has 0 spiro atoms. The summed E-state index contributed by atoms with van der Waals surface area (Å²) in [7, 11) is 0. The highest BCUT2D eigenvalue weighted by molar-refractivity contribution is 5.75. The molecule has 1 heterocycles. The molecule has 0 radical (unpaired) electrons. The molecule has 1 aromatic carbocycles. The molecule has 0 aliphatic carbocycles. The highest BCUT2D eigenvalue weighted by Crippen LogP contribution is 2.21. The lowest BCUT2D eigenvalue weighted by Gasteiger charge is -2.02. The van der Waals surface area contributed by atoms with Crippen LogP contribution in [0, 0.1) is 11.6 Å². The SMILES string of the molecule is O=Cc1ccc(-c2cc(F)ccc2F)nc1. The molecule has 0 unspecified atom stereocenters. The Morgan fingerprint density at radius 2 is 1.94 bits per heavy atom. The average molecular weight is 219 g/mol. The standard InChI is InChI=1S/C12H7F2NO/c13-9-2-3-11(14)10(5-9)12-4-1-8(7-16)6-15-12/h1-7H. The maximum atomic E-state index is 13.4. The largest absolute Gasteiger partial charge is 0.298 e. The molecule has 0 fully saturated rings. The third-order valence-corrected chi connectivity index (χ3v) is 2.13. The number of aromatic nitrogens is 1. The van der Waals surface area contributed by atoms with E-state index in [0.29, 0.717) is 17.5 Å². The number of rotatable bonds is 2. The Hall–Kier alpha value is -2.10. The molecular formula is C12H7F2NO. The second-order valence-electron chi connectivity index (χ2n) is 3.22. The fourth-order valence-corrected chi connectivity index (χ4v) is 1.33. The van der Waals surface area contributed by atoms with Crippen molar-refractivity contribution in [3.8, 4) is 11.3 Å². The molecular weight excluding hydrogens is 212 g/mol. The molecule has 0 saturated carbocycles. The highest BCUT2D eigenvalue weighted by Gasteiger charge is 2.07. The van der Waals surface area contributed by atoms with Crippen LogP contribution in [0.15, 0.2) is 36.5 Å². The molecule has 0 atom stereocenters. The van der Waals surface area contributed by atoms with E-state index in [-0.39, 0.29) is 5.56 Å². The lowest BCUT2D eigenvalue weighted by molar-refractivity contribution is 0.112. The van der Waals surface area contributed by atoms with E-state index in [1.807, 2.05) is 0 Å². The number of pyridine rings is 1. The summed E-state index contributed by atoms with van der Waals surface area (Å²) in [6, 6.07) is 6.12. The Kier molecular flexibility index (Phi) is 2.72. The number of nitrogens with zero attached hydrogens (tertiary/aromatic N) is 1. The summed E-state index contributed by atoms with van der Waals surface area (Å²) in [4.78, 5) is 14.3. The second-order valence-corrected chi connectivity index (χ2v) is 3.22. The molecule has 80 valence electrons. The van der Waals surface area contributed by atoms with Crippen molar-refractivity contribution in [1.29, 1.82) is 0 Å². The van der Waals surface area contributed by atoms with Crippen molar-refractivity contribution in [3.05, 3.63) is 53.7 Å². The van der Waals surface area contributed by atoms with E-state index in [1.54, 1.807) is 0 Å². The van der Waals surface area contributed by atoms with Crippen LogP contribution >= 0.6 is 0 Å². The molecule has 0 amide bonds. The van der Waals surface area contributed by atoms with Gasteiger partial charge in [-0.2, -0.15) is 0 Å². The van der Waals surface area contributed by atoms with Crippen molar-refractivity contribution in [2.45, 2.75) is 0 Å². The van der Waals surface area contributed by atoms with Gasteiger partial charge >= 0.3 is 0 Å². The van der Waals surface area contributed by atoms with E-state index in [0.717, 1.165) is 18.2 Å². The van der Waals surface area contributed by atoms with Gasteiger partial charge in [0.05, 0.1) is 5.69 Å². The van der Waals surface area contributed by atoms with Crippen LogP contribution in [0.5, 0.6) is 0 Å². The molecule has 2 rings (SSSR count). The van der Waals surface area contributed by atoms with E-state index < -0.39 is 11.6 Å². The van der Waals surface area contributed by atoms with Crippen molar-refractivity contribution < 1.29 is 13.6 Å². The Labute approximate surface area is 90.6 Å². The average Bonchev–Trinajstić information content (AvgIpc) is 2.32. The van der Waals surface area contributed by atoms with Crippen molar-refractivity contribution in [3.63, 3.8) is 0 Å². The van der Waals surface area contributed by atoms with Crippen LogP contribution in [-0.2, 0) is 0 Å². The van der Waals surface area contributed by atoms with E-state index in [1.165, 1.54) is 18.3 Å². The van der Waals surface area contributed by atoms with Crippen molar-refractivity contribution >= 4 is 6.29 Å². The Morgan fingerprint density at radius 3 is 2.56 bits per heavy atom. The quantitative estimate of drug-likeness (QED) is 0.727. The molecule has 2 aromatic rings. The normalized spacial score (nSPS) is 10.1. The zero-order valence-corrected chi connectivity index (χ0v) is 8.15. The van der Waals surface area contributed by atoms with E-state index >= 15 is 0 Å². The molecule has 2 nitrogen and oxygen atoms in total. The van der Waals surface area contributed by atoms with Crippen LogP contribution in [0.1, 0.15) is 10.4 Å². The number of hydrogen-bond acceptors (Lipinski definition) is 2. The van der Waals surface area contributed by atoms with E-state index in [9.17, 15) is 13.6 Å². The lowest BCUT2D eigenvalue weighted by Crippen LogP contribution is -1.90. The van der Waals surface area contributed by atoms with Gasteiger partial charge in [0, 0.05) is 17.3 Å². The summed E-state index contributed by atoms with van der Waals surface area (Å²) in [5.41, 5.74) is 0.764. The third-order valence-electron chi connectivity index (χ3n) is 2.13. The van der Waals surface area contributed by atoms with Crippen LogP contribution in [0.4, 0.5) is 8.78 Å². The van der Waals surface area contributed by atoms with Crippen LogP contribution in [0.2, 0.25) is 0 Å². The van der Waals surface area contributed by atoms with Crippen LogP contribution in [0.25, 0.3) is 11.3 Å². The minimum absolute atomic E-state index is 0.0810. The monoisotopic (exact) mass is 219 g/mol. The van der Waals surface area contributed by atoms with Crippen LogP contribution < -0.4 is 0 Å². The number of hydrogen-bond donors (Lipinski definition) is 0. The number of aldehydes is 1. The first-order valence-corrected chi connectivity index (χ1v) is 4.57. The van der Waals surface area contributed by atoms with Gasteiger partial charge in [-0.3, -0.25) is 9.78 Å². The molecule has 16 heavy (non-hydrogen) atoms. The van der Waals surface area contributed by atoms with Crippen LogP contribution in [-0.4, -0.2) is 11.3 Å². The zero-order valence-electron chi connectivity index (χ0n) is 8.15. The number of benzene rings is 1. The number of carbonyl (C=O) groups is 1. The smallest absolute Gasteiger partial charge is 0.151 e.